The number of carbonyl (C=O) groups is 5. The number of thioether (sulfide) groups is 1. The third-order valence-electron chi connectivity index (χ3n) is 4.86. The molecule has 1 aromatic rings. The van der Waals surface area contributed by atoms with Gasteiger partial charge in [0.2, 0.25) is 12.2 Å². The standard InChI is InChI=1S/C20H23N3O9S2/c1-10(24)31-11(2)32-16(26)15-12(8-30-19(21)28)9-34-18-20(29-3,17(27)23(15)18)22-14(25)7-13-5-4-6-33-13/h4-6,11,18H,7-9H2,1-3H3,(H2,21,28)(H,22,25)/t11?,18-,20+/m1/s1. The molecule has 3 rings (SSSR count). The van der Waals surface area contributed by atoms with Crippen molar-refractivity contribution < 1.29 is 42.9 Å². The van der Waals surface area contributed by atoms with Gasteiger partial charge in [0, 0.05) is 37.2 Å². The summed E-state index contributed by atoms with van der Waals surface area (Å²) in [6.07, 6.45) is -2.25. The largest absolute Gasteiger partial charge is 0.445 e. The minimum absolute atomic E-state index is 0.0514. The van der Waals surface area contributed by atoms with Crippen molar-refractivity contribution in [3.63, 3.8) is 0 Å². The van der Waals surface area contributed by atoms with Crippen molar-refractivity contribution in [2.45, 2.75) is 37.7 Å². The summed E-state index contributed by atoms with van der Waals surface area (Å²) in [4.78, 5) is 63.0. The number of ether oxygens (including phenoxy) is 4. The van der Waals surface area contributed by atoms with Gasteiger partial charge in [0.15, 0.2) is 0 Å². The Morgan fingerprint density at radius 3 is 2.65 bits per heavy atom. The molecule has 0 bridgehead atoms. The first-order valence-corrected chi connectivity index (χ1v) is 11.9. The number of carbonyl (C=O) groups excluding carboxylic acids is 5. The quantitative estimate of drug-likeness (QED) is 0.269. The van der Waals surface area contributed by atoms with Crippen LogP contribution >= 0.6 is 23.1 Å². The second-order valence-electron chi connectivity index (χ2n) is 7.22. The molecule has 34 heavy (non-hydrogen) atoms. The van der Waals surface area contributed by atoms with E-state index in [0.717, 1.165) is 16.7 Å². The first kappa shape index (κ1) is 25.5. The molecule has 0 aliphatic carbocycles. The Hall–Kier alpha value is -3.10. The van der Waals surface area contributed by atoms with Crippen LogP contribution in [0.15, 0.2) is 28.8 Å². The molecule has 0 radical (unpaired) electrons. The Labute approximate surface area is 202 Å². The van der Waals surface area contributed by atoms with Crippen LogP contribution in [0.25, 0.3) is 0 Å². The van der Waals surface area contributed by atoms with Crippen molar-refractivity contribution in [3.05, 3.63) is 33.7 Å². The van der Waals surface area contributed by atoms with E-state index >= 15 is 0 Å². The Bertz CT molecular complexity index is 1030. The molecule has 2 aliphatic rings. The Morgan fingerprint density at radius 2 is 2.06 bits per heavy atom. The molecule has 2 aliphatic heterocycles. The number of nitrogens with zero attached hydrogens (tertiary/aromatic N) is 1. The molecule has 3 amide bonds. The smallest absolute Gasteiger partial charge is 0.404 e. The highest BCUT2D eigenvalue weighted by atomic mass is 32.2. The van der Waals surface area contributed by atoms with Gasteiger partial charge < -0.3 is 30.0 Å². The summed E-state index contributed by atoms with van der Waals surface area (Å²) in [5.41, 5.74) is 3.38. The van der Waals surface area contributed by atoms with Gasteiger partial charge in [-0.25, -0.2) is 9.59 Å². The van der Waals surface area contributed by atoms with E-state index in [1.165, 1.54) is 37.1 Å². The fraction of sp³-hybridized carbons (Fsp3) is 0.450. The number of hydrogen-bond acceptors (Lipinski definition) is 11. The molecule has 14 heteroatoms. The van der Waals surface area contributed by atoms with Crippen LogP contribution in [0.3, 0.4) is 0 Å². The summed E-state index contributed by atoms with van der Waals surface area (Å²) in [5.74, 6) is -2.66. The molecule has 12 nitrogen and oxygen atoms in total. The first-order chi connectivity index (χ1) is 16.1. The summed E-state index contributed by atoms with van der Waals surface area (Å²) in [7, 11) is 1.28. The third kappa shape index (κ3) is 5.18. The van der Waals surface area contributed by atoms with Gasteiger partial charge in [-0.1, -0.05) is 6.07 Å². The highest BCUT2D eigenvalue weighted by molar-refractivity contribution is 8.00. The molecule has 3 heterocycles. The summed E-state index contributed by atoms with van der Waals surface area (Å²) < 4.78 is 20.2. The number of nitrogens with one attached hydrogen (secondary N) is 1. The molecular weight excluding hydrogens is 490 g/mol. The van der Waals surface area contributed by atoms with E-state index in [-0.39, 0.29) is 30.1 Å². The number of nitrogens with two attached hydrogens (primary N) is 1. The second-order valence-corrected chi connectivity index (χ2v) is 9.33. The topological polar surface area (TPSA) is 164 Å². The lowest BCUT2D eigenvalue weighted by Crippen LogP contribution is -2.80. The zero-order valence-corrected chi connectivity index (χ0v) is 20.2. The summed E-state index contributed by atoms with van der Waals surface area (Å²) >= 11 is 2.59. The van der Waals surface area contributed by atoms with Crippen LogP contribution < -0.4 is 11.1 Å². The zero-order valence-electron chi connectivity index (χ0n) is 18.5. The van der Waals surface area contributed by atoms with Crippen LogP contribution in [0.4, 0.5) is 4.79 Å². The molecular formula is C20H23N3O9S2. The fourth-order valence-corrected chi connectivity index (χ4v) is 5.61. The summed E-state index contributed by atoms with van der Waals surface area (Å²) in [5, 5.41) is 3.67. The van der Waals surface area contributed by atoms with Gasteiger partial charge >= 0.3 is 18.0 Å². The molecule has 1 aromatic heterocycles. The number of hydrogen-bond donors (Lipinski definition) is 2. The second kappa shape index (κ2) is 10.4. The van der Waals surface area contributed by atoms with Gasteiger partial charge in [-0.15, -0.1) is 23.1 Å². The summed E-state index contributed by atoms with van der Waals surface area (Å²) in [6.45, 7) is 2.11. The molecule has 0 saturated carbocycles. The van der Waals surface area contributed by atoms with E-state index < -0.39 is 47.2 Å². The van der Waals surface area contributed by atoms with Crippen molar-refractivity contribution in [1.29, 1.82) is 0 Å². The summed E-state index contributed by atoms with van der Waals surface area (Å²) in [6, 6.07) is 3.60. The average Bonchev–Trinajstić information content (AvgIpc) is 3.27. The molecule has 0 spiro atoms. The number of primary amides is 1. The SMILES string of the molecule is CO[C@@]1(NC(=O)Cc2cccs2)C(=O)N2C(C(=O)OC(C)OC(C)=O)=C(COC(N)=O)CS[C@@H]21. The van der Waals surface area contributed by atoms with Gasteiger partial charge in [-0.2, -0.15) is 0 Å². The number of methoxy groups -OCH3 is 1. The van der Waals surface area contributed by atoms with Crippen LogP contribution in [0.1, 0.15) is 18.7 Å². The van der Waals surface area contributed by atoms with E-state index in [2.05, 4.69) is 5.32 Å². The van der Waals surface area contributed by atoms with E-state index in [4.69, 9.17) is 24.7 Å². The number of esters is 2. The highest BCUT2D eigenvalue weighted by Gasteiger charge is 2.66. The average molecular weight is 514 g/mol. The van der Waals surface area contributed by atoms with Crippen molar-refractivity contribution in [2.75, 3.05) is 19.5 Å². The lowest BCUT2D eigenvalue weighted by atomic mass is 9.98. The number of amides is 3. The lowest BCUT2D eigenvalue weighted by molar-refractivity contribution is -0.197. The van der Waals surface area contributed by atoms with Gasteiger partial charge in [0.05, 0.1) is 6.42 Å². The fourth-order valence-electron chi connectivity index (χ4n) is 3.49. The number of β-lactam (4-membered cyclic amide) rings is 1. The third-order valence-corrected chi connectivity index (χ3v) is 7.11. The van der Waals surface area contributed by atoms with Crippen LogP contribution in [0.2, 0.25) is 0 Å². The monoisotopic (exact) mass is 513 g/mol. The predicted molar refractivity (Wildman–Crippen MR) is 119 cm³/mol. The predicted octanol–water partition coefficient (Wildman–Crippen LogP) is 0.466. The highest BCUT2D eigenvalue weighted by Crippen LogP contribution is 2.47. The minimum atomic E-state index is -1.71. The normalized spacial score (nSPS) is 22.3. The van der Waals surface area contributed by atoms with Gasteiger partial charge in [0.1, 0.15) is 17.7 Å². The van der Waals surface area contributed by atoms with Crippen molar-refractivity contribution >= 4 is 52.9 Å². The first-order valence-electron chi connectivity index (χ1n) is 9.95. The van der Waals surface area contributed by atoms with Crippen molar-refractivity contribution in [1.82, 2.24) is 10.2 Å². The van der Waals surface area contributed by atoms with Crippen LogP contribution in [0.5, 0.6) is 0 Å². The molecule has 184 valence electrons. The molecule has 0 aromatic carbocycles. The van der Waals surface area contributed by atoms with E-state index in [1.54, 1.807) is 6.07 Å². The number of rotatable bonds is 9. The van der Waals surface area contributed by atoms with Crippen molar-refractivity contribution in [2.24, 2.45) is 5.73 Å². The van der Waals surface area contributed by atoms with Crippen LogP contribution in [0, 0.1) is 0 Å². The van der Waals surface area contributed by atoms with Crippen molar-refractivity contribution in [3.8, 4) is 0 Å². The molecule has 1 saturated heterocycles. The molecule has 1 unspecified atom stereocenters. The van der Waals surface area contributed by atoms with E-state index in [0.29, 0.717) is 0 Å². The number of fused-ring (bicyclic) bond motifs is 1. The Balaban J connectivity index is 1.85. The van der Waals surface area contributed by atoms with Gasteiger partial charge in [-0.3, -0.25) is 19.3 Å². The van der Waals surface area contributed by atoms with Gasteiger partial charge in [0.25, 0.3) is 11.6 Å². The minimum Gasteiger partial charge on any atom is -0.445 e. The lowest BCUT2D eigenvalue weighted by Gasteiger charge is -2.55. The van der Waals surface area contributed by atoms with Crippen LogP contribution in [-0.4, -0.2) is 71.6 Å². The molecule has 3 atom stereocenters. The maximum absolute atomic E-state index is 13.3. The maximum atomic E-state index is 13.3. The van der Waals surface area contributed by atoms with Gasteiger partial charge in [-0.05, 0) is 11.4 Å². The maximum Gasteiger partial charge on any atom is 0.404 e. The Kier molecular flexibility index (Phi) is 7.84. The van der Waals surface area contributed by atoms with Crippen LogP contribution in [-0.2, 0) is 44.5 Å². The van der Waals surface area contributed by atoms with E-state index in [9.17, 15) is 24.0 Å². The van der Waals surface area contributed by atoms with E-state index in [1.807, 2.05) is 11.4 Å². The Morgan fingerprint density at radius 1 is 1.32 bits per heavy atom. The zero-order chi connectivity index (χ0) is 25.0. The molecule has 1 fully saturated rings. The molecule has 3 N–H and O–H groups in total. The number of thiophene rings is 1.